The van der Waals surface area contributed by atoms with E-state index in [9.17, 15) is 9.59 Å². The lowest BCUT2D eigenvalue weighted by Gasteiger charge is -2.04. The van der Waals surface area contributed by atoms with Crippen LogP contribution in [0.2, 0.25) is 5.02 Å². The van der Waals surface area contributed by atoms with Crippen LogP contribution >= 0.6 is 11.6 Å². The molecule has 0 aliphatic carbocycles. The average molecular weight is 238 g/mol. The van der Waals surface area contributed by atoms with E-state index in [2.05, 4.69) is 9.72 Å². The number of rotatable bonds is 1. The Kier molecular flexibility index (Phi) is 2.66. The lowest BCUT2D eigenvalue weighted by atomic mass is 10.1. The summed E-state index contributed by atoms with van der Waals surface area (Å²) in [6, 6.07) is 4.35. The van der Waals surface area contributed by atoms with Crippen molar-refractivity contribution in [3.8, 4) is 0 Å². The molecule has 2 rings (SSSR count). The molecule has 0 aliphatic rings. The van der Waals surface area contributed by atoms with Gasteiger partial charge in [-0.1, -0.05) is 11.6 Å². The number of benzene rings is 1. The van der Waals surface area contributed by atoms with Crippen LogP contribution in [0.15, 0.2) is 29.2 Å². The maximum atomic E-state index is 11.5. The summed E-state index contributed by atoms with van der Waals surface area (Å²) in [5, 5.41) is 0.661. The van der Waals surface area contributed by atoms with Crippen LogP contribution < -0.4 is 5.43 Å². The van der Waals surface area contributed by atoms with Crippen molar-refractivity contribution >= 4 is 28.5 Å². The molecule has 2 aromatic rings. The summed E-state index contributed by atoms with van der Waals surface area (Å²) in [5.41, 5.74) is 0.606. The quantitative estimate of drug-likeness (QED) is 0.772. The van der Waals surface area contributed by atoms with Crippen LogP contribution in [0.1, 0.15) is 10.4 Å². The van der Waals surface area contributed by atoms with Crippen molar-refractivity contribution < 1.29 is 9.53 Å². The summed E-state index contributed by atoms with van der Waals surface area (Å²) in [5.74, 6) is -0.560. The van der Waals surface area contributed by atoms with Gasteiger partial charge in [0, 0.05) is 17.6 Å². The van der Waals surface area contributed by atoms with Gasteiger partial charge in [-0.3, -0.25) is 4.79 Å². The molecule has 1 aromatic heterocycles. The van der Waals surface area contributed by atoms with E-state index in [1.807, 2.05) is 0 Å². The van der Waals surface area contributed by atoms with Gasteiger partial charge in [0.2, 0.25) is 0 Å². The third-order valence-corrected chi connectivity index (χ3v) is 2.56. The molecule has 0 aliphatic heterocycles. The zero-order valence-electron chi connectivity index (χ0n) is 8.41. The van der Waals surface area contributed by atoms with E-state index in [0.29, 0.717) is 10.9 Å². The van der Waals surface area contributed by atoms with Crippen molar-refractivity contribution in [2.45, 2.75) is 0 Å². The molecule has 0 saturated carbocycles. The summed E-state index contributed by atoms with van der Waals surface area (Å²) in [7, 11) is 1.26. The van der Waals surface area contributed by atoms with Gasteiger partial charge in [-0.15, -0.1) is 0 Å². The number of methoxy groups -OCH3 is 1. The Bertz CT molecular complexity index is 618. The molecule has 1 N–H and O–H groups in total. The van der Waals surface area contributed by atoms with Gasteiger partial charge < -0.3 is 9.72 Å². The number of H-pyrrole nitrogens is 1. The molecule has 5 heteroatoms. The van der Waals surface area contributed by atoms with Crippen LogP contribution in [-0.4, -0.2) is 18.1 Å². The summed E-state index contributed by atoms with van der Waals surface area (Å²) >= 11 is 5.91. The second-order valence-corrected chi connectivity index (χ2v) is 3.62. The molecule has 0 saturated heterocycles. The molecular formula is C11H8ClNO3. The summed E-state index contributed by atoms with van der Waals surface area (Å²) < 4.78 is 4.57. The van der Waals surface area contributed by atoms with Crippen molar-refractivity contribution in [1.82, 2.24) is 4.98 Å². The monoisotopic (exact) mass is 237 g/mol. The number of carbonyl (C=O) groups is 1. The van der Waals surface area contributed by atoms with Gasteiger partial charge in [0.25, 0.3) is 0 Å². The smallest absolute Gasteiger partial charge is 0.339 e. The van der Waals surface area contributed by atoms with E-state index >= 15 is 0 Å². The Labute approximate surface area is 95.8 Å². The van der Waals surface area contributed by atoms with Gasteiger partial charge in [-0.2, -0.15) is 0 Å². The van der Waals surface area contributed by atoms with Gasteiger partial charge in [-0.25, -0.2) is 4.79 Å². The molecular weight excluding hydrogens is 230 g/mol. The van der Waals surface area contributed by atoms with E-state index in [0.717, 1.165) is 0 Å². The number of fused-ring (bicyclic) bond motifs is 1. The fraction of sp³-hybridized carbons (Fsp3) is 0.0909. The van der Waals surface area contributed by atoms with Gasteiger partial charge in [0.05, 0.1) is 23.2 Å². The lowest BCUT2D eigenvalue weighted by molar-refractivity contribution is 0.0601. The zero-order valence-corrected chi connectivity index (χ0v) is 9.17. The van der Waals surface area contributed by atoms with E-state index in [1.54, 1.807) is 0 Å². The minimum Gasteiger partial charge on any atom is -0.465 e. The van der Waals surface area contributed by atoms with Crippen LogP contribution in [0.25, 0.3) is 10.9 Å². The number of pyridine rings is 1. The molecule has 0 fully saturated rings. The molecule has 0 radical (unpaired) electrons. The highest BCUT2D eigenvalue weighted by Crippen LogP contribution is 2.21. The largest absolute Gasteiger partial charge is 0.465 e. The molecule has 4 nitrogen and oxygen atoms in total. The van der Waals surface area contributed by atoms with Crippen LogP contribution in [0.3, 0.4) is 0 Å². The third kappa shape index (κ3) is 1.67. The number of halogens is 1. The Morgan fingerprint density at radius 2 is 2.19 bits per heavy atom. The second kappa shape index (κ2) is 3.98. The average Bonchev–Trinajstić information content (AvgIpc) is 2.28. The van der Waals surface area contributed by atoms with Gasteiger partial charge in [0.1, 0.15) is 0 Å². The molecule has 0 bridgehead atoms. The number of carbonyl (C=O) groups excluding carboxylic acids is 1. The Morgan fingerprint density at radius 1 is 1.44 bits per heavy atom. The number of nitrogens with one attached hydrogen (secondary N) is 1. The number of aromatic nitrogens is 1. The summed E-state index contributed by atoms with van der Waals surface area (Å²) in [4.78, 5) is 25.8. The zero-order chi connectivity index (χ0) is 11.7. The van der Waals surface area contributed by atoms with Crippen molar-refractivity contribution in [2.75, 3.05) is 7.11 Å². The minimum atomic E-state index is -0.560. The minimum absolute atomic E-state index is 0.171. The van der Waals surface area contributed by atoms with E-state index in [4.69, 9.17) is 11.6 Å². The molecule has 1 aromatic carbocycles. The Morgan fingerprint density at radius 3 is 2.88 bits per heavy atom. The predicted octanol–water partition coefficient (Wildman–Crippen LogP) is 1.97. The Balaban J connectivity index is 2.79. The molecule has 0 atom stereocenters. The lowest BCUT2D eigenvalue weighted by Crippen LogP contribution is -2.06. The van der Waals surface area contributed by atoms with E-state index in [-0.39, 0.29) is 16.0 Å². The number of ether oxygens (including phenoxy) is 1. The van der Waals surface area contributed by atoms with Crippen LogP contribution in [-0.2, 0) is 4.74 Å². The summed E-state index contributed by atoms with van der Waals surface area (Å²) in [6.45, 7) is 0. The highest BCUT2D eigenvalue weighted by molar-refractivity contribution is 6.34. The van der Waals surface area contributed by atoms with E-state index in [1.165, 1.54) is 31.5 Å². The molecule has 82 valence electrons. The fourth-order valence-corrected chi connectivity index (χ4v) is 1.70. The maximum Gasteiger partial charge on any atom is 0.339 e. The molecule has 0 spiro atoms. The van der Waals surface area contributed by atoms with Gasteiger partial charge in [0.15, 0.2) is 5.43 Å². The van der Waals surface area contributed by atoms with Crippen molar-refractivity contribution in [3.63, 3.8) is 0 Å². The standard InChI is InChI=1S/C11H8ClNO3/c1-16-11(15)6-4-7-9(5-8(6)12)13-3-2-10(7)14/h2-5H,1H3,(H,13,14). The SMILES string of the molecule is COC(=O)c1cc2c(=O)cc[nH]c2cc1Cl. The van der Waals surface area contributed by atoms with Gasteiger partial charge in [-0.05, 0) is 12.1 Å². The van der Waals surface area contributed by atoms with Crippen LogP contribution in [0, 0.1) is 0 Å². The maximum absolute atomic E-state index is 11.5. The number of esters is 1. The van der Waals surface area contributed by atoms with Crippen molar-refractivity contribution in [1.29, 1.82) is 0 Å². The first-order valence-corrected chi connectivity index (χ1v) is 4.90. The van der Waals surface area contributed by atoms with Crippen LogP contribution in [0.4, 0.5) is 0 Å². The number of hydrogen-bond donors (Lipinski definition) is 1. The molecule has 0 amide bonds. The van der Waals surface area contributed by atoms with Crippen LogP contribution in [0.5, 0.6) is 0 Å². The third-order valence-electron chi connectivity index (χ3n) is 2.25. The number of hydrogen-bond acceptors (Lipinski definition) is 3. The molecule has 0 unspecified atom stereocenters. The first-order valence-electron chi connectivity index (χ1n) is 4.52. The molecule has 16 heavy (non-hydrogen) atoms. The first-order chi connectivity index (χ1) is 7.63. The summed E-state index contributed by atoms with van der Waals surface area (Å²) in [6.07, 6.45) is 1.53. The van der Waals surface area contributed by atoms with Crippen molar-refractivity contribution in [2.24, 2.45) is 0 Å². The molecule has 1 heterocycles. The van der Waals surface area contributed by atoms with Crippen molar-refractivity contribution in [3.05, 3.63) is 45.2 Å². The number of aromatic amines is 1. The predicted molar refractivity (Wildman–Crippen MR) is 60.9 cm³/mol. The van der Waals surface area contributed by atoms with E-state index < -0.39 is 5.97 Å². The highest BCUT2D eigenvalue weighted by Gasteiger charge is 2.12. The topological polar surface area (TPSA) is 59.2 Å². The first kappa shape index (κ1) is 10.7. The normalized spacial score (nSPS) is 10.4. The second-order valence-electron chi connectivity index (χ2n) is 3.21. The highest BCUT2D eigenvalue weighted by atomic mass is 35.5. The Hall–Kier alpha value is -1.81. The fourth-order valence-electron chi connectivity index (χ4n) is 1.46. The van der Waals surface area contributed by atoms with Gasteiger partial charge >= 0.3 is 5.97 Å².